The van der Waals surface area contributed by atoms with Crippen LogP contribution in [0.25, 0.3) is 0 Å². The fourth-order valence-corrected chi connectivity index (χ4v) is 4.68. The molecule has 1 aromatic rings. The van der Waals surface area contributed by atoms with Gasteiger partial charge >= 0.3 is 0 Å². The number of rotatable bonds is 3. The van der Waals surface area contributed by atoms with Crippen molar-refractivity contribution < 1.29 is 0 Å². The molecule has 1 saturated carbocycles. The Hall–Kier alpha value is 0.430. The van der Waals surface area contributed by atoms with E-state index in [2.05, 4.69) is 41.3 Å². The zero-order valence-electron chi connectivity index (χ0n) is 9.59. The van der Waals surface area contributed by atoms with E-state index < -0.39 is 0 Å². The Labute approximate surface area is 115 Å². The molecular weight excluding hydrogens is 306 g/mol. The van der Waals surface area contributed by atoms with Crippen molar-refractivity contribution in [2.75, 3.05) is 7.05 Å². The first-order valence-electron chi connectivity index (χ1n) is 5.75. The Morgan fingerprint density at radius 1 is 1.56 bits per heavy atom. The largest absolute Gasteiger partial charge is 0.312 e. The maximum atomic E-state index is 6.12. The van der Waals surface area contributed by atoms with Crippen molar-refractivity contribution in [3.05, 3.63) is 19.8 Å². The van der Waals surface area contributed by atoms with Gasteiger partial charge in [0.05, 0.1) is 0 Å². The van der Waals surface area contributed by atoms with Gasteiger partial charge in [0.1, 0.15) is 4.34 Å². The number of hydrogen-bond acceptors (Lipinski definition) is 2. The summed E-state index contributed by atoms with van der Waals surface area (Å²) in [7, 11) is 2.05. The van der Waals surface area contributed by atoms with Crippen LogP contribution in [0.2, 0.25) is 4.34 Å². The lowest BCUT2D eigenvalue weighted by atomic mass is 9.89. The molecule has 1 aromatic heterocycles. The maximum Gasteiger partial charge on any atom is 0.107 e. The molecule has 4 heteroatoms. The van der Waals surface area contributed by atoms with Gasteiger partial charge in [0, 0.05) is 15.4 Å². The van der Waals surface area contributed by atoms with E-state index in [0.717, 1.165) is 20.6 Å². The van der Waals surface area contributed by atoms with E-state index in [4.69, 9.17) is 11.6 Å². The highest BCUT2D eigenvalue weighted by Gasteiger charge is 2.32. The second kappa shape index (κ2) is 5.38. The molecule has 0 aromatic carbocycles. The van der Waals surface area contributed by atoms with Crippen LogP contribution in [0.4, 0.5) is 0 Å². The lowest BCUT2D eigenvalue weighted by molar-refractivity contribution is 0.319. The number of thiophene rings is 1. The summed E-state index contributed by atoms with van der Waals surface area (Å²) in [6, 6.07) is 2.63. The van der Waals surface area contributed by atoms with Gasteiger partial charge in [-0.3, -0.25) is 0 Å². The van der Waals surface area contributed by atoms with Crippen LogP contribution in [0.3, 0.4) is 0 Å². The van der Waals surface area contributed by atoms with Crippen molar-refractivity contribution in [3.63, 3.8) is 0 Å². The fourth-order valence-electron chi connectivity index (χ4n) is 2.75. The van der Waals surface area contributed by atoms with Crippen molar-refractivity contribution in [1.82, 2.24) is 5.32 Å². The van der Waals surface area contributed by atoms with E-state index in [1.807, 2.05) is 0 Å². The highest BCUT2D eigenvalue weighted by Crippen LogP contribution is 2.44. The van der Waals surface area contributed by atoms with E-state index in [1.54, 1.807) is 11.3 Å². The number of halogens is 2. The van der Waals surface area contributed by atoms with Crippen molar-refractivity contribution in [1.29, 1.82) is 0 Å². The smallest absolute Gasteiger partial charge is 0.107 e. The molecular formula is C12H17BrClNS. The van der Waals surface area contributed by atoms with E-state index >= 15 is 0 Å². The molecule has 0 saturated heterocycles. The Kier molecular flexibility index (Phi) is 4.33. The van der Waals surface area contributed by atoms with Crippen LogP contribution >= 0.6 is 38.9 Å². The Balaban J connectivity index is 2.21. The van der Waals surface area contributed by atoms with Gasteiger partial charge < -0.3 is 5.32 Å². The molecule has 1 N–H and O–H groups in total. The SMILES string of the molecule is CNC(c1cc(Br)c(Cl)s1)C1CCCC1C. The van der Waals surface area contributed by atoms with Crippen LogP contribution in [0, 0.1) is 11.8 Å². The normalized spacial score (nSPS) is 27.2. The third kappa shape index (κ3) is 2.47. The Morgan fingerprint density at radius 3 is 2.75 bits per heavy atom. The van der Waals surface area contributed by atoms with E-state index in [1.165, 1.54) is 24.1 Å². The summed E-state index contributed by atoms with van der Waals surface area (Å²) in [5.41, 5.74) is 0. The molecule has 90 valence electrons. The lowest BCUT2D eigenvalue weighted by Crippen LogP contribution is -2.26. The molecule has 3 unspecified atom stereocenters. The molecule has 0 aliphatic heterocycles. The first-order valence-corrected chi connectivity index (χ1v) is 7.74. The van der Waals surface area contributed by atoms with Crippen molar-refractivity contribution >= 4 is 38.9 Å². The summed E-state index contributed by atoms with van der Waals surface area (Å²) in [6.07, 6.45) is 4.06. The van der Waals surface area contributed by atoms with Crippen LogP contribution in [0.15, 0.2) is 10.5 Å². The third-order valence-electron chi connectivity index (χ3n) is 3.64. The molecule has 1 heterocycles. The predicted molar refractivity (Wildman–Crippen MR) is 75.3 cm³/mol. The van der Waals surface area contributed by atoms with Crippen LogP contribution in [0.1, 0.15) is 37.1 Å². The monoisotopic (exact) mass is 321 g/mol. The molecule has 0 radical (unpaired) electrons. The van der Waals surface area contributed by atoms with Crippen LogP contribution < -0.4 is 5.32 Å². The fraction of sp³-hybridized carbons (Fsp3) is 0.667. The van der Waals surface area contributed by atoms with Crippen molar-refractivity contribution in [3.8, 4) is 0 Å². The summed E-state index contributed by atoms with van der Waals surface area (Å²) < 4.78 is 1.89. The quantitative estimate of drug-likeness (QED) is 0.838. The zero-order chi connectivity index (χ0) is 11.7. The minimum Gasteiger partial charge on any atom is -0.312 e. The third-order valence-corrected chi connectivity index (χ3v) is 6.20. The van der Waals surface area contributed by atoms with Gasteiger partial charge in [-0.1, -0.05) is 31.4 Å². The van der Waals surface area contributed by atoms with Gasteiger partial charge in [0.25, 0.3) is 0 Å². The van der Waals surface area contributed by atoms with Gasteiger partial charge in [-0.2, -0.15) is 0 Å². The molecule has 16 heavy (non-hydrogen) atoms. The van der Waals surface area contributed by atoms with Crippen LogP contribution in [-0.4, -0.2) is 7.05 Å². The number of hydrogen-bond donors (Lipinski definition) is 1. The van der Waals surface area contributed by atoms with E-state index in [-0.39, 0.29) is 0 Å². The predicted octanol–water partition coefficient (Wildman–Crippen LogP) is 4.86. The van der Waals surface area contributed by atoms with Crippen LogP contribution in [0.5, 0.6) is 0 Å². The first kappa shape index (κ1) is 12.9. The summed E-state index contributed by atoms with van der Waals surface area (Å²) in [5.74, 6) is 1.57. The minimum absolute atomic E-state index is 0.464. The Morgan fingerprint density at radius 2 is 2.31 bits per heavy atom. The second-order valence-corrected chi connectivity index (χ2v) is 7.15. The average molecular weight is 323 g/mol. The summed E-state index contributed by atoms with van der Waals surface area (Å²) in [4.78, 5) is 1.36. The topological polar surface area (TPSA) is 12.0 Å². The molecule has 1 aliphatic rings. The van der Waals surface area contributed by atoms with Gasteiger partial charge in [-0.05, 0) is 47.3 Å². The van der Waals surface area contributed by atoms with E-state index in [9.17, 15) is 0 Å². The van der Waals surface area contributed by atoms with Crippen LogP contribution in [-0.2, 0) is 0 Å². The van der Waals surface area contributed by atoms with Crippen molar-refractivity contribution in [2.24, 2.45) is 11.8 Å². The summed E-state index contributed by atoms with van der Waals surface area (Å²) >= 11 is 11.3. The van der Waals surface area contributed by atoms with Gasteiger partial charge in [0.2, 0.25) is 0 Å². The molecule has 2 rings (SSSR count). The molecule has 1 aliphatic carbocycles. The molecule has 1 nitrogen and oxygen atoms in total. The summed E-state index contributed by atoms with van der Waals surface area (Å²) in [6.45, 7) is 2.37. The molecule has 1 fully saturated rings. The average Bonchev–Trinajstić information content (AvgIpc) is 2.78. The molecule has 3 atom stereocenters. The highest BCUT2D eigenvalue weighted by atomic mass is 79.9. The maximum absolute atomic E-state index is 6.12. The standard InChI is InChI=1S/C12H17BrClNS/c1-7-4-3-5-8(7)11(15-2)10-6-9(13)12(14)16-10/h6-8,11,15H,3-5H2,1-2H3. The van der Waals surface area contributed by atoms with Gasteiger partial charge in [-0.15, -0.1) is 11.3 Å². The zero-order valence-corrected chi connectivity index (χ0v) is 12.8. The Bertz CT molecular complexity index is 346. The first-order chi connectivity index (χ1) is 7.63. The van der Waals surface area contributed by atoms with Crippen molar-refractivity contribution in [2.45, 2.75) is 32.2 Å². The molecule has 0 amide bonds. The number of nitrogens with one attached hydrogen (secondary N) is 1. The lowest BCUT2D eigenvalue weighted by Gasteiger charge is -2.25. The van der Waals surface area contributed by atoms with E-state index in [0.29, 0.717) is 6.04 Å². The minimum atomic E-state index is 0.464. The van der Waals surface area contributed by atoms with Gasteiger partial charge in [-0.25, -0.2) is 0 Å². The summed E-state index contributed by atoms with van der Waals surface area (Å²) in [5, 5.41) is 3.46. The molecule has 0 bridgehead atoms. The highest BCUT2D eigenvalue weighted by molar-refractivity contribution is 9.10. The molecule has 0 spiro atoms. The van der Waals surface area contributed by atoms with Gasteiger partial charge in [0.15, 0.2) is 0 Å². The second-order valence-electron chi connectivity index (χ2n) is 4.61.